The Labute approximate surface area is 90.8 Å². The van der Waals surface area contributed by atoms with Crippen LogP contribution in [0.15, 0.2) is 23.1 Å². The second kappa shape index (κ2) is 3.93. The molecule has 0 aliphatic heterocycles. The van der Waals surface area contributed by atoms with E-state index in [0.29, 0.717) is 0 Å². The van der Waals surface area contributed by atoms with Gasteiger partial charge in [0.15, 0.2) is 9.84 Å². The lowest BCUT2D eigenvalue weighted by atomic mass is 10.2. The van der Waals surface area contributed by atoms with Crippen LogP contribution < -0.4 is 0 Å². The number of aliphatic hydroxyl groups is 1. The van der Waals surface area contributed by atoms with Gasteiger partial charge in [-0.2, -0.15) is 0 Å². The van der Waals surface area contributed by atoms with Crippen molar-refractivity contribution in [3.05, 3.63) is 27.3 Å². The summed E-state index contributed by atoms with van der Waals surface area (Å²) in [6.07, 6.45) is 1.16. The minimum absolute atomic E-state index is 0.0671. The van der Waals surface area contributed by atoms with Crippen LogP contribution in [0.1, 0.15) is 5.56 Å². The molecule has 13 heavy (non-hydrogen) atoms. The molecule has 72 valence electrons. The first-order valence-corrected chi connectivity index (χ1v) is 6.51. The van der Waals surface area contributed by atoms with Crippen molar-refractivity contribution in [3.63, 3.8) is 0 Å². The number of aliphatic hydroxyl groups excluding tert-OH is 1. The molecule has 0 fully saturated rings. The van der Waals surface area contributed by atoms with E-state index in [0.717, 1.165) is 15.4 Å². The minimum atomic E-state index is -3.14. The van der Waals surface area contributed by atoms with Crippen molar-refractivity contribution in [3.8, 4) is 0 Å². The molecular weight excluding hydrogens is 303 g/mol. The van der Waals surface area contributed by atoms with Crippen LogP contribution in [0.2, 0.25) is 0 Å². The predicted molar refractivity (Wildman–Crippen MR) is 58.2 cm³/mol. The molecule has 0 unspecified atom stereocenters. The molecule has 0 atom stereocenters. The van der Waals surface area contributed by atoms with Crippen molar-refractivity contribution in [2.24, 2.45) is 0 Å². The molecule has 0 aliphatic carbocycles. The van der Waals surface area contributed by atoms with Crippen LogP contribution in [-0.4, -0.2) is 19.8 Å². The molecule has 0 heterocycles. The summed E-state index contributed by atoms with van der Waals surface area (Å²) in [6, 6.07) is 4.68. The smallest absolute Gasteiger partial charge is 0.175 e. The summed E-state index contributed by atoms with van der Waals surface area (Å²) >= 11 is 2.00. The number of sulfone groups is 1. The fourth-order valence-corrected chi connectivity index (χ4v) is 2.43. The van der Waals surface area contributed by atoms with Crippen molar-refractivity contribution in [1.82, 2.24) is 0 Å². The van der Waals surface area contributed by atoms with Gasteiger partial charge in [0.2, 0.25) is 0 Å². The molecule has 0 radical (unpaired) electrons. The summed E-state index contributed by atoms with van der Waals surface area (Å²) < 4.78 is 23.0. The first-order valence-electron chi connectivity index (χ1n) is 3.54. The zero-order chi connectivity index (χ0) is 10.1. The molecule has 0 saturated carbocycles. The monoisotopic (exact) mass is 312 g/mol. The van der Waals surface area contributed by atoms with Crippen LogP contribution >= 0.6 is 22.6 Å². The van der Waals surface area contributed by atoms with E-state index >= 15 is 0 Å². The molecule has 1 aromatic rings. The van der Waals surface area contributed by atoms with Gasteiger partial charge in [0, 0.05) is 9.83 Å². The highest BCUT2D eigenvalue weighted by molar-refractivity contribution is 14.1. The van der Waals surface area contributed by atoms with E-state index in [-0.39, 0.29) is 11.5 Å². The molecule has 1 aromatic carbocycles. The van der Waals surface area contributed by atoms with Crippen molar-refractivity contribution >= 4 is 32.4 Å². The summed E-state index contributed by atoms with van der Waals surface area (Å²) in [5.41, 5.74) is 0.744. The summed E-state index contributed by atoms with van der Waals surface area (Å²) in [5.74, 6) is 0. The quantitative estimate of drug-likeness (QED) is 0.835. The molecular formula is C8H9IO3S. The van der Waals surface area contributed by atoms with E-state index in [1.54, 1.807) is 12.1 Å². The van der Waals surface area contributed by atoms with Gasteiger partial charge >= 0.3 is 0 Å². The van der Waals surface area contributed by atoms with Crippen molar-refractivity contribution in [1.29, 1.82) is 0 Å². The van der Waals surface area contributed by atoms with Gasteiger partial charge in [-0.1, -0.05) is 6.07 Å². The molecule has 3 nitrogen and oxygen atoms in total. The maximum Gasteiger partial charge on any atom is 0.175 e. The lowest BCUT2D eigenvalue weighted by Crippen LogP contribution is -1.99. The van der Waals surface area contributed by atoms with Crippen molar-refractivity contribution in [2.75, 3.05) is 6.26 Å². The van der Waals surface area contributed by atoms with Gasteiger partial charge in [0.05, 0.1) is 11.5 Å². The Hall–Kier alpha value is -0.140. The molecule has 0 amide bonds. The number of hydrogen-bond donors (Lipinski definition) is 1. The molecule has 5 heteroatoms. The van der Waals surface area contributed by atoms with Gasteiger partial charge < -0.3 is 5.11 Å². The summed E-state index contributed by atoms with van der Waals surface area (Å²) in [5, 5.41) is 8.86. The Morgan fingerprint density at radius 2 is 2.08 bits per heavy atom. The maximum atomic E-state index is 11.1. The number of halogens is 1. The summed E-state index contributed by atoms with van der Waals surface area (Å²) in [7, 11) is -3.14. The van der Waals surface area contributed by atoms with E-state index in [9.17, 15) is 8.42 Å². The van der Waals surface area contributed by atoms with Gasteiger partial charge in [-0.15, -0.1) is 0 Å². The Kier molecular flexibility index (Phi) is 3.31. The maximum absolute atomic E-state index is 11.1. The molecule has 0 aromatic heterocycles. The highest BCUT2D eigenvalue weighted by Gasteiger charge is 2.08. The van der Waals surface area contributed by atoms with E-state index in [1.807, 2.05) is 22.6 Å². The lowest BCUT2D eigenvalue weighted by Gasteiger charge is -2.03. The van der Waals surface area contributed by atoms with Gasteiger partial charge in [0.25, 0.3) is 0 Å². The number of hydrogen-bond acceptors (Lipinski definition) is 3. The van der Waals surface area contributed by atoms with Crippen LogP contribution in [0.3, 0.4) is 0 Å². The molecule has 1 N–H and O–H groups in total. The SMILES string of the molecule is CS(=O)(=O)c1ccc(CO)c(I)c1. The van der Waals surface area contributed by atoms with Gasteiger partial charge in [-0.05, 0) is 40.3 Å². The molecule has 0 spiro atoms. The minimum Gasteiger partial charge on any atom is -0.392 e. The average Bonchev–Trinajstić information content (AvgIpc) is 2.02. The molecule has 0 aliphatic rings. The standard InChI is InChI=1S/C8H9IO3S/c1-13(11,12)7-3-2-6(5-10)8(9)4-7/h2-4,10H,5H2,1H3. The van der Waals surface area contributed by atoms with Crippen LogP contribution in [0, 0.1) is 3.57 Å². The van der Waals surface area contributed by atoms with E-state index < -0.39 is 9.84 Å². The highest BCUT2D eigenvalue weighted by atomic mass is 127. The third-order valence-corrected chi connectivity index (χ3v) is 3.74. The van der Waals surface area contributed by atoms with Gasteiger partial charge in [-0.3, -0.25) is 0 Å². The second-order valence-electron chi connectivity index (χ2n) is 2.68. The highest BCUT2D eigenvalue weighted by Crippen LogP contribution is 2.17. The van der Waals surface area contributed by atoms with Crippen LogP contribution in [0.25, 0.3) is 0 Å². The molecule has 0 bridgehead atoms. The second-order valence-corrected chi connectivity index (χ2v) is 5.86. The van der Waals surface area contributed by atoms with E-state index in [4.69, 9.17) is 5.11 Å². The number of rotatable bonds is 2. The number of benzene rings is 1. The Morgan fingerprint density at radius 1 is 1.46 bits per heavy atom. The third-order valence-electron chi connectivity index (χ3n) is 1.62. The van der Waals surface area contributed by atoms with Gasteiger partial charge in [0.1, 0.15) is 0 Å². The van der Waals surface area contributed by atoms with E-state index in [1.165, 1.54) is 6.07 Å². The summed E-state index contributed by atoms with van der Waals surface area (Å²) in [6.45, 7) is -0.0671. The van der Waals surface area contributed by atoms with Crippen LogP contribution in [0.5, 0.6) is 0 Å². The zero-order valence-electron chi connectivity index (χ0n) is 6.99. The third kappa shape index (κ3) is 2.65. The fraction of sp³-hybridized carbons (Fsp3) is 0.250. The first-order chi connectivity index (χ1) is 5.95. The van der Waals surface area contributed by atoms with Crippen LogP contribution in [0.4, 0.5) is 0 Å². The van der Waals surface area contributed by atoms with Crippen molar-refractivity contribution in [2.45, 2.75) is 11.5 Å². The fourth-order valence-electron chi connectivity index (χ4n) is 0.887. The topological polar surface area (TPSA) is 54.4 Å². The van der Waals surface area contributed by atoms with E-state index in [2.05, 4.69) is 0 Å². The molecule has 1 rings (SSSR count). The average molecular weight is 312 g/mol. The first kappa shape index (κ1) is 10.9. The lowest BCUT2D eigenvalue weighted by molar-refractivity contribution is 0.281. The summed E-state index contributed by atoms with van der Waals surface area (Å²) in [4.78, 5) is 0.286. The largest absolute Gasteiger partial charge is 0.392 e. The normalized spacial score (nSPS) is 11.6. The Bertz CT molecular complexity index is 411. The van der Waals surface area contributed by atoms with Crippen LogP contribution in [-0.2, 0) is 16.4 Å². The molecule has 0 saturated heterocycles. The Morgan fingerprint density at radius 3 is 2.46 bits per heavy atom. The van der Waals surface area contributed by atoms with Gasteiger partial charge in [-0.25, -0.2) is 8.42 Å². The van der Waals surface area contributed by atoms with Crippen molar-refractivity contribution < 1.29 is 13.5 Å². The zero-order valence-corrected chi connectivity index (χ0v) is 9.96. The predicted octanol–water partition coefficient (Wildman–Crippen LogP) is 1.19. The Balaban J connectivity index is 3.26.